The first-order valence-corrected chi connectivity index (χ1v) is 6.36. The standard InChI is InChI=1S/C13H19N3O3/c1-3-10-8-16(4-5-19-10)12-11(13(17)18-2)6-9(14)7-15-12/h6-7,10H,3-5,8,14H2,1-2H3. The van der Waals surface area contributed by atoms with Crippen molar-refractivity contribution in [1.29, 1.82) is 0 Å². The number of anilines is 2. The summed E-state index contributed by atoms with van der Waals surface area (Å²) in [7, 11) is 1.35. The van der Waals surface area contributed by atoms with E-state index < -0.39 is 5.97 Å². The first kappa shape index (κ1) is 13.6. The summed E-state index contributed by atoms with van der Waals surface area (Å²) in [5, 5.41) is 0. The molecular weight excluding hydrogens is 246 g/mol. The van der Waals surface area contributed by atoms with Gasteiger partial charge in [0.25, 0.3) is 0 Å². The summed E-state index contributed by atoms with van der Waals surface area (Å²) in [5.74, 6) is 0.192. The van der Waals surface area contributed by atoms with Crippen LogP contribution in [0.25, 0.3) is 0 Å². The highest BCUT2D eigenvalue weighted by atomic mass is 16.5. The lowest BCUT2D eigenvalue weighted by Gasteiger charge is -2.34. The summed E-state index contributed by atoms with van der Waals surface area (Å²) in [6.07, 6.45) is 2.65. The van der Waals surface area contributed by atoms with Gasteiger partial charge in [0.05, 0.1) is 31.7 Å². The van der Waals surface area contributed by atoms with E-state index in [1.165, 1.54) is 7.11 Å². The van der Waals surface area contributed by atoms with Gasteiger partial charge in [0, 0.05) is 13.1 Å². The number of nitrogen functional groups attached to an aromatic ring is 1. The maximum absolute atomic E-state index is 11.8. The predicted octanol–water partition coefficient (Wildman–Crippen LogP) is 1.07. The third kappa shape index (κ3) is 2.96. The Labute approximate surface area is 112 Å². The van der Waals surface area contributed by atoms with Crippen molar-refractivity contribution in [2.75, 3.05) is 37.4 Å². The highest BCUT2D eigenvalue weighted by molar-refractivity contribution is 5.95. The van der Waals surface area contributed by atoms with Gasteiger partial charge in [0.2, 0.25) is 0 Å². The van der Waals surface area contributed by atoms with Crippen LogP contribution in [-0.2, 0) is 9.47 Å². The molecule has 19 heavy (non-hydrogen) atoms. The minimum absolute atomic E-state index is 0.165. The molecule has 1 unspecified atom stereocenters. The SMILES string of the molecule is CCC1CN(c2ncc(N)cc2C(=O)OC)CCO1. The van der Waals surface area contributed by atoms with Gasteiger partial charge in [-0.3, -0.25) is 0 Å². The zero-order valence-corrected chi connectivity index (χ0v) is 11.3. The van der Waals surface area contributed by atoms with Crippen LogP contribution in [0.5, 0.6) is 0 Å². The number of ether oxygens (including phenoxy) is 2. The van der Waals surface area contributed by atoms with Crippen LogP contribution >= 0.6 is 0 Å². The summed E-state index contributed by atoms with van der Waals surface area (Å²) in [5.41, 5.74) is 6.54. The Kier molecular flexibility index (Phi) is 4.21. The van der Waals surface area contributed by atoms with E-state index in [4.69, 9.17) is 15.2 Å². The topological polar surface area (TPSA) is 77.7 Å². The van der Waals surface area contributed by atoms with Gasteiger partial charge in [-0.15, -0.1) is 0 Å². The fourth-order valence-electron chi connectivity index (χ4n) is 2.14. The number of pyridine rings is 1. The van der Waals surface area contributed by atoms with Crippen molar-refractivity contribution in [3.05, 3.63) is 17.8 Å². The average Bonchev–Trinajstić information content (AvgIpc) is 2.46. The number of morpholine rings is 1. The first-order valence-electron chi connectivity index (χ1n) is 6.36. The van der Waals surface area contributed by atoms with Crippen LogP contribution in [0.15, 0.2) is 12.3 Å². The second kappa shape index (κ2) is 5.88. The molecule has 1 aromatic rings. The Bertz CT molecular complexity index is 464. The van der Waals surface area contributed by atoms with Gasteiger partial charge in [-0.05, 0) is 12.5 Å². The minimum atomic E-state index is -0.422. The van der Waals surface area contributed by atoms with Crippen molar-refractivity contribution in [3.63, 3.8) is 0 Å². The maximum Gasteiger partial charge on any atom is 0.341 e. The minimum Gasteiger partial charge on any atom is -0.465 e. The van der Waals surface area contributed by atoms with Crippen molar-refractivity contribution >= 4 is 17.5 Å². The monoisotopic (exact) mass is 265 g/mol. The third-order valence-electron chi connectivity index (χ3n) is 3.19. The quantitative estimate of drug-likeness (QED) is 0.824. The number of rotatable bonds is 3. The molecule has 0 aromatic carbocycles. The fourth-order valence-corrected chi connectivity index (χ4v) is 2.14. The molecule has 1 aromatic heterocycles. The number of carbonyl (C=O) groups excluding carboxylic acids is 1. The van der Waals surface area contributed by atoms with E-state index in [9.17, 15) is 4.79 Å². The Morgan fingerprint density at radius 3 is 3.16 bits per heavy atom. The molecule has 1 saturated heterocycles. The second-order valence-electron chi connectivity index (χ2n) is 4.48. The number of esters is 1. The van der Waals surface area contributed by atoms with Crippen molar-refractivity contribution in [1.82, 2.24) is 4.98 Å². The van der Waals surface area contributed by atoms with E-state index >= 15 is 0 Å². The molecule has 0 radical (unpaired) electrons. The van der Waals surface area contributed by atoms with Gasteiger partial charge in [-0.2, -0.15) is 0 Å². The van der Waals surface area contributed by atoms with Crippen LogP contribution in [0.1, 0.15) is 23.7 Å². The summed E-state index contributed by atoms with van der Waals surface area (Å²) in [4.78, 5) is 18.1. The molecule has 1 fully saturated rings. The van der Waals surface area contributed by atoms with Crippen molar-refractivity contribution in [2.45, 2.75) is 19.4 Å². The zero-order valence-electron chi connectivity index (χ0n) is 11.3. The molecule has 2 heterocycles. The lowest BCUT2D eigenvalue weighted by atomic mass is 10.2. The van der Waals surface area contributed by atoms with Crippen LogP contribution < -0.4 is 10.6 Å². The molecule has 1 aliphatic heterocycles. The second-order valence-corrected chi connectivity index (χ2v) is 4.48. The van der Waals surface area contributed by atoms with E-state index in [-0.39, 0.29) is 6.10 Å². The van der Waals surface area contributed by atoms with E-state index in [1.807, 2.05) is 4.90 Å². The van der Waals surface area contributed by atoms with Gasteiger partial charge in [0.15, 0.2) is 0 Å². The molecule has 2 rings (SSSR count). The Hall–Kier alpha value is -1.82. The lowest BCUT2D eigenvalue weighted by molar-refractivity contribution is 0.0378. The van der Waals surface area contributed by atoms with Gasteiger partial charge < -0.3 is 20.1 Å². The summed E-state index contributed by atoms with van der Waals surface area (Å²) in [6.45, 7) is 4.13. The Morgan fingerprint density at radius 1 is 1.68 bits per heavy atom. The van der Waals surface area contributed by atoms with Gasteiger partial charge in [-0.1, -0.05) is 6.92 Å². The molecule has 1 atom stereocenters. The molecule has 0 spiro atoms. The lowest BCUT2D eigenvalue weighted by Crippen LogP contribution is -2.43. The maximum atomic E-state index is 11.8. The van der Waals surface area contributed by atoms with Crippen molar-refractivity contribution in [2.24, 2.45) is 0 Å². The summed E-state index contributed by atoms with van der Waals surface area (Å²) in [6, 6.07) is 1.60. The Balaban J connectivity index is 2.30. The number of nitrogens with zero attached hydrogens (tertiary/aromatic N) is 2. The smallest absolute Gasteiger partial charge is 0.341 e. The number of carbonyl (C=O) groups is 1. The van der Waals surface area contributed by atoms with E-state index in [1.54, 1.807) is 12.3 Å². The molecule has 0 aliphatic carbocycles. The van der Waals surface area contributed by atoms with Crippen molar-refractivity contribution in [3.8, 4) is 0 Å². The molecule has 0 saturated carbocycles. The van der Waals surface area contributed by atoms with Gasteiger partial charge in [-0.25, -0.2) is 9.78 Å². The number of nitrogens with two attached hydrogens (primary N) is 1. The number of hydrogen-bond acceptors (Lipinski definition) is 6. The molecule has 6 heteroatoms. The zero-order chi connectivity index (χ0) is 13.8. The highest BCUT2D eigenvalue weighted by Gasteiger charge is 2.24. The number of aromatic nitrogens is 1. The molecule has 0 bridgehead atoms. The van der Waals surface area contributed by atoms with Crippen molar-refractivity contribution < 1.29 is 14.3 Å². The summed E-state index contributed by atoms with van der Waals surface area (Å²) < 4.78 is 10.4. The molecule has 1 aliphatic rings. The Morgan fingerprint density at radius 2 is 2.47 bits per heavy atom. The van der Waals surface area contributed by atoms with Crippen LogP contribution in [0.2, 0.25) is 0 Å². The van der Waals surface area contributed by atoms with E-state index in [0.717, 1.165) is 13.0 Å². The van der Waals surface area contributed by atoms with Gasteiger partial charge in [0.1, 0.15) is 11.4 Å². The third-order valence-corrected chi connectivity index (χ3v) is 3.19. The van der Waals surface area contributed by atoms with E-state index in [2.05, 4.69) is 11.9 Å². The van der Waals surface area contributed by atoms with Crippen LogP contribution in [0.3, 0.4) is 0 Å². The van der Waals surface area contributed by atoms with Crippen LogP contribution in [-0.4, -0.2) is 43.9 Å². The molecular formula is C13H19N3O3. The largest absolute Gasteiger partial charge is 0.465 e. The average molecular weight is 265 g/mol. The predicted molar refractivity (Wildman–Crippen MR) is 72.2 cm³/mol. The highest BCUT2D eigenvalue weighted by Crippen LogP contribution is 2.23. The van der Waals surface area contributed by atoms with Crippen LogP contribution in [0, 0.1) is 0 Å². The fraction of sp³-hybridized carbons (Fsp3) is 0.538. The number of methoxy groups -OCH3 is 1. The molecule has 6 nitrogen and oxygen atoms in total. The molecule has 2 N–H and O–H groups in total. The first-order chi connectivity index (χ1) is 9.15. The van der Waals surface area contributed by atoms with E-state index in [0.29, 0.717) is 30.2 Å². The summed E-state index contributed by atoms with van der Waals surface area (Å²) >= 11 is 0. The van der Waals surface area contributed by atoms with Crippen LogP contribution in [0.4, 0.5) is 11.5 Å². The normalized spacial score (nSPS) is 19.3. The molecule has 0 amide bonds. The molecule has 104 valence electrons. The number of hydrogen-bond donors (Lipinski definition) is 1. The van der Waals surface area contributed by atoms with Gasteiger partial charge >= 0.3 is 5.97 Å².